The van der Waals surface area contributed by atoms with Crippen LogP contribution >= 0.6 is 0 Å². The zero-order valence-electron chi connectivity index (χ0n) is 38.8. The number of amides is 4. The zero-order valence-corrected chi connectivity index (χ0v) is 39.6. The van der Waals surface area contributed by atoms with Crippen LogP contribution < -0.4 is 24.8 Å². The van der Waals surface area contributed by atoms with Crippen molar-refractivity contribution in [2.75, 3.05) is 26.2 Å². The maximum atomic E-state index is 14.9. The second kappa shape index (κ2) is 18.8. The number of alkyl halides is 3. The summed E-state index contributed by atoms with van der Waals surface area (Å²) in [5.74, 6) is -2.17. The number of likely N-dealkylation sites (tertiary alicyclic amines) is 1. The normalized spacial score (nSPS) is 27.0. The standard InChI is InChI=1S/C47H65F3N6O9S/c1-8-28(2)46(7,42(59)54-66(61,62)45(6)20-21-45)53-39(57)35-25-31-26-56(35)41(58)38(44(3,4)5)52-43(60)65-36-24-29(36)14-10-9-11-16-33-37(32-15-12-13-17-34(32)51-40(33)64-31)63-30-18-22-55(23-19-30)27-47(48,49)50/h8,12-13,15,17,28-31,35-36,38H,1,9-11,14,16,18-27H2,2-7H3,(H,52,60)(H,53,57)(H,54,59). The monoisotopic (exact) mass is 946 g/mol. The number of rotatable bonds is 10. The van der Waals surface area contributed by atoms with Crippen molar-refractivity contribution in [1.29, 1.82) is 0 Å². The maximum Gasteiger partial charge on any atom is 0.408 e. The van der Waals surface area contributed by atoms with E-state index in [9.17, 15) is 40.8 Å². The van der Waals surface area contributed by atoms with Gasteiger partial charge in [-0.05, 0) is 88.7 Å². The van der Waals surface area contributed by atoms with Crippen molar-refractivity contribution >= 4 is 44.7 Å². The quantitative estimate of drug-likeness (QED) is 0.226. The first-order valence-corrected chi connectivity index (χ1v) is 24.7. The predicted molar refractivity (Wildman–Crippen MR) is 240 cm³/mol. The summed E-state index contributed by atoms with van der Waals surface area (Å²) < 4.78 is 86.8. The van der Waals surface area contributed by atoms with E-state index in [0.717, 1.165) is 19.3 Å². The molecule has 15 nitrogen and oxygen atoms in total. The Morgan fingerprint density at radius 3 is 2.39 bits per heavy atom. The van der Waals surface area contributed by atoms with Gasteiger partial charge in [-0.15, -0.1) is 6.58 Å². The molecule has 4 amide bonds. The number of aromatic nitrogens is 1. The molecule has 2 saturated heterocycles. The fraction of sp³-hybridized carbons (Fsp3) is 0.681. The molecule has 2 aromatic rings. The van der Waals surface area contributed by atoms with E-state index in [1.807, 2.05) is 24.3 Å². The summed E-state index contributed by atoms with van der Waals surface area (Å²) in [7, 11) is -4.11. The minimum Gasteiger partial charge on any atom is -0.489 e. The Kier molecular flexibility index (Phi) is 14.0. The molecule has 4 heterocycles. The number of carbonyl (C=O) groups excluding carboxylic acids is 4. The molecule has 1 aromatic carbocycles. The molecule has 0 spiro atoms. The summed E-state index contributed by atoms with van der Waals surface area (Å²) >= 11 is 0. The highest BCUT2D eigenvalue weighted by molar-refractivity contribution is 7.91. The molecular weight excluding hydrogens is 882 g/mol. The third kappa shape index (κ3) is 11.0. The molecule has 66 heavy (non-hydrogen) atoms. The Balaban J connectivity index is 1.25. The molecule has 364 valence electrons. The van der Waals surface area contributed by atoms with Crippen LogP contribution in [0.15, 0.2) is 36.9 Å². The van der Waals surface area contributed by atoms with Crippen molar-refractivity contribution < 1.29 is 55.0 Å². The zero-order chi connectivity index (χ0) is 48.0. The number of piperidine rings is 1. The van der Waals surface area contributed by atoms with Gasteiger partial charge in [0.05, 0.1) is 28.9 Å². The smallest absolute Gasteiger partial charge is 0.408 e. The molecule has 2 aliphatic carbocycles. The van der Waals surface area contributed by atoms with Crippen molar-refractivity contribution in [3.63, 3.8) is 0 Å². The average Bonchev–Trinajstić information content (AvgIpc) is 4.14. The summed E-state index contributed by atoms with van der Waals surface area (Å²) in [6.07, 6.45) is 0.649. The van der Waals surface area contributed by atoms with Gasteiger partial charge in [0.2, 0.25) is 27.7 Å². The van der Waals surface area contributed by atoms with Gasteiger partial charge in [-0.3, -0.25) is 24.0 Å². The van der Waals surface area contributed by atoms with E-state index in [4.69, 9.17) is 19.2 Å². The lowest BCUT2D eigenvalue weighted by molar-refractivity contribution is -0.149. The van der Waals surface area contributed by atoms with Gasteiger partial charge in [-0.2, -0.15) is 13.2 Å². The molecule has 2 bridgehead atoms. The lowest BCUT2D eigenvalue weighted by Gasteiger charge is -2.37. The van der Waals surface area contributed by atoms with E-state index >= 15 is 0 Å². The topological polar surface area (TPSA) is 186 Å². The molecule has 7 rings (SSSR count). The summed E-state index contributed by atoms with van der Waals surface area (Å²) in [6.45, 7) is 13.0. The fourth-order valence-corrected chi connectivity index (χ4v) is 10.5. The highest BCUT2D eigenvalue weighted by Gasteiger charge is 2.54. The number of halogens is 3. The predicted octanol–water partition coefficient (Wildman–Crippen LogP) is 6.33. The van der Waals surface area contributed by atoms with E-state index in [-0.39, 0.29) is 50.1 Å². The first-order chi connectivity index (χ1) is 30.9. The van der Waals surface area contributed by atoms with Gasteiger partial charge in [0.25, 0.3) is 5.91 Å². The van der Waals surface area contributed by atoms with Crippen molar-refractivity contribution in [3.05, 3.63) is 42.5 Å². The van der Waals surface area contributed by atoms with E-state index in [1.54, 1.807) is 34.6 Å². The first-order valence-electron chi connectivity index (χ1n) is 23.2. The highest BCUT2D eigenvalue weighted by Crippen LogP contribution is 2.43. The van der Waals surface area contributed by atoms with Crippen LogP contribution in [0.3, 0.4) is 0 Å². The van der Waals surface area contributed by atoms with E-state index in [2.05, 4.69) is 21.9 Å². The van der Waals surface area contributed by atoms with Crippen LogP contribution in [-0.2, 0) is 35.6 Å². The number of hydrogen-bond donors (Lipinski definition) is 3. The van der Waals surface area contributed by atoms with Gasteiger partial charge in [-0.25, -0.2) is 18.2 Å². The number of hydrogen-bond acceptors (Lipinski definition) is 11. The first kappa shape index (κ1) is 49.3. The molecular formula is C47H65F3N6O9S. The summed E-state index contributed by atoms with van der Waals surface area (Å²) in [6, 6.07) is 4.94. The Bertz CT molecular complexity index is 2290. The van der Waals surface area contributed by atoms with E-state index in [0.29, 0.717) is 67.2 Å². The lowest BCUT2D eigenvalue weighted by atomic mass is 9.85. The minimum atomic E-state index is -4.31. The fourth-order valence-electron chi connectivity index (χ4n) is 9.20. The Hall–Kier alpha value is -4.65. The third-order valence-electron chi connectivity index (χ3n) is 14.2. The summed E-state index contributed by atoms with van der Waals surface area (Å²) in [5, 5.41) is 6.30. The third-order valence-corrected chi connectivity index (χ3v) is 16.4. The molecule has 1 aromatic heterocycles. The number of benzene rings is 1. The van der Waals surface area contributed by atoms with Crippen molar-refractivity contribution in [1.82, 2.24) is 30.1 Å². The van der Waals surface area contributed by atoms with Gasteiger partial charge in [0, 0.05) is 30.8 Å². The number of sulfonamides is 1. The van der Waals surface area contributed by atoms with Gasteiger partial charge in [0.1, 0.15) is 41.7 Å². The summed E-state index contributed by atoms with van der Waals surface area (Å²) in [4.78, 5) is 64.8. The van der Waals surface area contributed by atoms with E-state index in [1.165, 1.54) is 22.8 Å². The van der Waals surface area contributed by atoms with Crippen LogP contribution in [0.1, 0.15) is 111 Å². The lowest BCUT2D eigenvalue weighted by Crippen LogP contribution is -2.65. The Labute approximate surface area is 385 Å². The second-order valence-corrected chi connectivity index (χ2v) is 22.7. The number of fused-ring (bicyclic) bond motifs is 5. The van der Waals surface area contributed by atoms with Crippen molar-refractivity contribution in [2.45, 2.75) is 159 Å². The Morgan fingerprint density at radius 1 is 1.05 bits per heavy atom. The number of nitrogens with zero attached hydrogens (tertiary/aromatic N) is 3. The van der Waals surface area contributed by atoms with Crippen LogP contribution in [-0.4, -0.2) is 120 Å². The maximum absolute atomic E-state index is 14.9. The molecule has 3 aliphatic heterocycles. The number of ether oxygens (including phenoxy) is 3. The van der Waals surface area contributed by atoms with Crippen LogP contribution in [0.25, 0.3) is 10.9 Å². The van der Waals surface area contributed by atoms with Gasteiger partial charge >= 0.3 is 12.3 Å². The van der Waals surface area contributed by atoms with Gasteiger partial charge < -0.3 is 29.7 Å². The molecule has 3 N–H and O–H groups in total. The average molecular weight is 947 g/mol. The van der Waals surface area contributed by atoms with Crippen LogP contribution in [0.2, 0.25) is 0 Å². The van der Waals surface area contributed by atoms with Gasteiger partial charge in [-0.1, -0.05) is 58.7 Å². The van der Waals surface area contributed by atoms with E-state index < -0.39 is 86.4 Å². The molecule has 4 fully saturated rings. The molecule has 19 heteroatoms. The van der Waals surface area contributed by atoms with Crippen LogP contribution in [0.5, 0.6) is 11.6 Å². The highest BCUT2D eigenvalue weighted by atomic mass is 32.2. The molecule has 7 atom stereocenters. The van der Waals surface area contributed by atoms with Gasteiger partial charge in [0.15, 0.2) is 0 Å². The SMILES string of the molecule is C=CC(C)C(C)(NC(=O)C1CC2CN1C(=O)C(C(C)(C)C)NC(=O)OC1CC1CCCCCc1c(nc3ccccc3c1OC1CCN(CC(F)(F)F)CC1)O2)C(=O)NS(=O)(=O)C1(C)CC1. The number of alkyl carbamates (subject to hydrolysis) is 1. The molecule has 2 saturated carbocycles. The van der Waals surface area contributed by atoms with Crippen LogP contribution in [0, 0.1) is 17.3 Å². The minimum absolute atomic E-state index is 0.0824. The molecule has 0 radical (unpaired) electrons. The van der Waals surface area contributed by atoms with Crippen molar-refractivity contribution in [2.24, 2.45) is 17.3 Å². The molecule has 5 aliphatic rings. The second-order valence-electron chi connectivity index (χ2n) is 20.5. The van der Waals surface area contributed by atoms with Crippen LogP contribution in [0.4, 0.5) is 18.0 Å². The van der Waals surface area contributed by atoms with Crippen molar-refractivity contribution in [3.8, 4) is 11.6 Å². The number of carbonyl (C=O) groups is 4. The number of nitrogens with one attached hydrogen (secondary N) is 3. The Morgan fingerprint density at radius 2 is 1.74 bits per heavy atom. The molecule has 7 unspecified atom stereocenters. The largest absolute Gasteiger partial charge is 0.489 e. The number of para-hydroxylation sites is 1. The number of pyridine rings is 1. The summed E-state index contributed by atoms with van der Waals surface area (Å²) in [5.41, 5.74) is -1.50.